The zero-order valence-electron chi connectivity index (χ0n) is 14.5. The van der Waals surface area contributed by atoms with E-state index in [4.69, 9.17) is 4.74 Å². The van der Waals surface area contributed by atoms with Crippen LogP contribution < -0.4 is 5.32 Å². The maximum Gasteiger partial charge on any atom is 0.232 e. The van der Waals surface area contributed by atoms with Crippen molar-refractivity contribution >= 4 is 22.6 Å². The molecule has 0 radical (unpaired) electrons. The highest BCUT2D eigenvalue weighted by atomic mass is 32.1. The molecule has 1 aliphatic heterocycles. The number of rotatable bonds is 4. The molecule has 134 valence electrons. The van der Waals surface area contributed by atoms with Gasteiger partial charge in [-0.1, -0.05) is 30.3 Å². The van der Waals surface area contributed by atoms with E-state index >= 15 is 0 Å². The Hall–Kier alpha value is -2.58. The first-order chi connectivity index (χ1) is 12.6. The molecule has 1 amide bonds. The zero-order chi connectivity index (χ0) is 18.1. The number of carbonyl (C=O) groups is 1. The summed E-state index contributed by atoms with van der Waals surface area (Å²) in [6.07, 6.45) is 2.18. The quantitative estimate of drug-likeness (QED) is 0.765. The number of aryl methyl sites for hydroxylation is 1. The van der Waals surface area contributed by atoms with Gasteiger partial charge in [0.15, 0.2) is 5.82 Å². The Kier molecular flexibility index (Phi) is 4.52. The lowest BCUT2D eigenvalue weighted by Crippen LogP contribution is -2.25. The fourth-order valence-corrected chi connectivity index (χ4v) is 3.73. The molecule has 4 rings (SSSR count). The molecule has 0 unspecified atom stereocenters. The third kappa shape index (κ3) is 3.13. The highest BCUT2D eigenvalue weighted by Gasteiger charge is 2.37. The Labute approximate surface area is 155 Å². The average molecular weight is 369 g/mol. The molecule has 26 heavy (non-hydrogen) atoms. The lowest BCUT2D eigenvalue weighted by atomic mass is 9.95. The summed E-state index contributed by atoms with van der Waals surface area (Å²) in [6.45, 7) is 2.54. The van der Waals surface area contributed by atoms with Crippen LogP contribution in [0.2, 0.25) is 0 Å². The van der Waals surface area contributed by atoms with Crippen LogP contribution in [0.25, 0.3) is 11.4 Å². The molecule has 3 aromatic rings. The van der Waals surface area contributed by atoms with E-state index in [0.717, 1.165) is 16.8 Å². The largest absolute Gasteiger partial charge is 0.373 e. The lowest BCUT2D eigenvalue weighted by molar-refractivity contribution is -0.121. The van der Waals surface area contributed by atoms with Gasteiger partial charge in [0.05, 0.1) is 18.2 Å². The van der Waals surface area contributed by atoms with Crippen LogP contribution in [0.3, 0.4) is 0 Å². The van der Waals surface area contributed by atoms with Crippen molar-refractivity contribution < 1.29 is 9.53 Å². The summed E-state index contributed by atoms with van der Waals surface area (Å²) >= 11 is 1.19. The standard InChI is InChI=1S/C18H19N5O2S/c1-11-14(10-19-23(11)2)15-13(8-9-25-15)17(24)21-18-20-16(22-26-18)12-6-4-3-5-7-12/h3-7,10,13,15H,8-9H2,1-2H3,(H,20,21,22,24)/t13-,15-/m0/s1. The van der Waals surface area contributed by atoms with E-state index in [1.54, 1.807) is 10.9 Å². The van der Waals surface area contributed by atoms with Crippen molar-refractivity contribution in [2.45, 2.75) is 19.4 Å². The number of amides is 1. The second-order valence-electron chi connectivity index (χ2n) is 6.27. The second-order valence-corrected chi connectivity index (χ2v) is 7.03. The van der Waals surface area contributed by atoms with Crippen LogP contribution >= 0.6 is 11.5 Å². The topological polar surface area (TPSA) is 81.9 Å². The summed E-state index contributed by atoms with van der Waals surface area (Å²) in [6, 6.07) is 9.70. The van der Waals surface area contributed by atoms with Gasteiger partial charge in [-0.25, -0.2) is 0 Å². The Morgan fingerprint density at radius 2 is 2.15 bits per heavy atom. The Bertz CT molecular complexity index is 921. The van der Waals surface area contributed by atoms with Gasteiger partial charge in [-0.05, 0) is 13.3 Å². The van der Waals surface area contributed by atoms with Crippen LogP contribution in [0, 0.1) is 12.8 Å². The minimum absolute atomic E-state index is 0.0912. The third-order valence-corrected chi connectivity index (χ3v) is 5.33. The van der Waals surface area contributed by atoms with Crippen molar-refractivity contribution in [1.29, 1.82) is 0 Å². The number of anilines is 1. The number of nitrogens with zero attached hydrogens (tertiary/aromatic N) is 4. The van der Waals surface area contributed by atoms with E-state index in [0.29, 0.717) is 24.0 Å². The van der Waals surface area contributed by atoms with Crippen molar-refractivity contribution in [2.75, 3.05) is 11.9 Å². The summed E-state index contributed by atoms with van der Waals surface area (Å²) < 4.78 is 12.0. The Balaban J connectivity index is 1.49. The number of benzene rings is 1. The van der Waals surface area contributed by atoms with Gasteiger partial charge in [-0.15, -0.1) is 0 Å². The molecule has 1 fully saturated rings. The first-order valence-corrected chi connectivity index (χ1v) is 9.21. The molecule has 0 saturated carbocycles. The predicted molar refractivity (Wildman–Crippen MR) is 98.7 cm³/mol. The van der Waals surface area contributed by atoms with Crippen LogP contribution in [-0.2, 0) is 16.6 Å². The predicted octanol–water partition coefficient (Wildman–Crippen LogP) is 2.96. The molecule has 2 aromatic heterocycles. The highest BCUT2D eigenvalue weighted by molar-refractivity contribution is 7.10. The molecular weight excluding hydrogens is 350 g/mol. The first-order valence-electron chi connectivity index (χ1n) is 8.43. The van der Waals surface area contributed by atoms with E-state index in [1.165, 1.54) is 11.5 Å². The first kappa shape index (κ1) is 16.9. The van der Waals surface area contributed by atoms with Gasteiger partial charge in [0, 0.05) is 42.0 Å². The van der Waals surface area contributed by atoms with E-state index in [9.17, 15) is 4.79 Å². The number of ether oxygens (including phenoxy) is 1. The molecule has 0 bridgehead atoms. The van der Waals surface area contributed by atoms with E-state index in [2.05, 4.69) is 19.8 Å². The van der Waals surface area contributed by atoms with Gasteiger partial charge in [-0.3, -0.25) is 9.48 Å². The fraction of sp³-hybridized carbons (Fsp3) is 0.333. The zero-order valence-corrected chi connectivity index (χ0v) is 15.4. The molecule has 3 heterocycles. The van der Waals surface area contributed by atoms with Gasteiger partial charge in [0.2, 0.25) is 11.0 Å². The minimum atomic E-state index is -0.273. The van der Waals surface area contributed by atoms with Crippen LogP contribution in [-0.4, -0.2) is 31.7 Å². The van der Waals surface area contributed by atoms with Gasteiger partial charge in [0.1, 0.15) is 0 Å². The number of hydrogen-bond acceptors (Lipinski definition) is 6. The maximum atomic E-state index is 12.8. The monoisotopic (exact) mass is 369 g/mol. The summed E-state index contributed by atoms with van der Waals surface area (Å²) in [7, 11) is 1.88. The summed E-state index contributed by atoms with van der Waals surface area (Å²) in [5, 5.41) is 7.66. The van der Waals surface area contributed by atoms with Crippen molar-refractivity contribution in [1.82, 2.24) is 19.1 Å². The number of aromatic nitrogens is 4. The van der Waals surface area contributed by atoms with E-state index in [-0.39, 0.29) is 17.9 Å². The summed E-state index contributed by atoms with van der Waals surface area (Å²) in [4.78, 5) is 17.2. The maximum absolute atomic E-state index is 12.8. The van der Waals surface area contributed by atoms with Crippen LogP contribution in [0.15, 0.2) is 36.5 Å². The highest BCUT2D eigenvalue weighted by Crippen LogP contribution is 2.36. The smallest absolute Gasteiger partial charge is 0.232 e. The molecule has 0 aliphatic carbocycles. The number of nitrogens with one attached hydrogen (secondary N) is 1. The van der Waals surface area contributed by atoms with Gasteiger partial charge < -0.3 is 10.1 Å². The van der Waals surface area contributed by atoms with Crippen molar-refractivity contribution in [3.05, 3.63) is 47.8 Å². The lowest BCUT2D eigenvalue weighted by Gasteiger charge is -2.17. The summed E-state index contributed by atoms with van der Waals surface area (Å²) in [5.41, 5.74) is 2.90. The number of carbonyl (C=O) groups excluding carboxylic acids is 1. The SMILES string of the molecule is Cc1c([C@H]2OCC[C@@H]2C(=O)Nc2nc(-c3ccccc3)ns2)cnn1C. The molecule has 1 aromatic carbocycles. The van der Waals surface area contributed by atoms with Crippen LogP contribution in [0.5, 0.6) is 0 Å². The number of hydrogen-bond donors (Lipinski definition) is 1. The van der Waals surface area contributed by atoms with Crippen molar-refractivity contribution in [3.8, 4) is 11.4 Å². The molecule has 1 N–H and O–H groups in total. The molecule has 0 spiro atoms. The molecule has 8 heteroatoms. The second kappa shape index (κ2) is 6.97. The molecule has 2 atom stereocenters. The average Bonchev–Trinajstić information content (AvgIpc) is 3.37. The van der Waals surface area contributed by atoms with Crippen LogP contribution in [0.1, 0.15) is 23.8 Å². The fourth-order valence-electron chi connectivity index (χ4n) is 3.14. The summed E-state index contributed by atoms with van der Waals surface area (Å²) in [5.74, 6) is 0.265. The Morgan fingerprint density at radius 3 is 2.88 bits per heavy atom. The van der Waals surface area contributed by atoms with Crippen LogP contribution in [0.4, 0.5) is 5.13 Å². The normalized spacial score (nSPS) is 19.6. The molecule has 1 saturated heterocycles. The van der Waals surface area contributed by atoms with Crippen molar-refractivity contribution in [3.63, 3.8) is 0 Å². The third-order valence-electron chi connectivity index (χ3n) is 4.70. The van der Waals surface area contributed by atoms with Gasteiger partial charge in [-0.2, -0.15) is 14.5 Å². The molecular formula is C18H19N5O2S. The molecule has 7 nitrogen and oxygen atoms in total. The van der Waals surface area contributed by atoms with E-state index < -0.39 is 0 Å². The van der Waals surface area contributed by atoms with Crippen molar-refractivity contribution in [2.24, 2.45) is 13.0 Å². The van der Waals surface area contributed by atoms with E-state index in [1.807, 2.05) is 44.3 Å². The van der Waals surface area contributed by atoms with Gasteiger partial charge >= 0.3 is 0 Å². The van der Waals surface area contributed by atoms with Gasteiger partial charge in [0.25, 0.3) is 0 Å². The Morgan fingerprint density at radius 1 is 1.35 bits per heavy atom. The molecule has 1 aliphatic rings. The minimum Gasteiger partial charge on any atom is -0.373 e.